The second-order valence-electron chi connectivity index (χ2n) is 4.73. The second-order valence-corrected chi connectivity index (χ2v) is 4.73. The number of benzene rings is 1. The summed E-state index contributed by atoms with van der Waals surface area (Å²) >= 11 is 0. The van der Waals surface area contributed by atoms with Crippen LogP contribution >= 0.6 is 0 Å². The summed E-state index contributed by atoms with van der Waals surface area (Å²) in [5.74, 6) is -0.219. The molecule has 18 heavy (non-hydrogen) atoms. The minimum atomic E-state index is -0.306. The van der Waals surface area contributed by atoms with Crippen LogP contribution in [0.5, 0.6) is 0 Å². The number of hydrogen-bond acceptors (Lipinski definition) is 3. The van der Waals surface area contributed by atoms with Crippen LogP contribution in [0.25, 0.3) is 0 Å². The van der Waals surface area contributed by atoms with Gasteiger partial charge in [-0.05, 0) is 18.6 Å². The highest BCUT2D eigenvalue weighted by molar-refractivity contribution is 5.78. The lowest BCUT2D eigenvalue weighted by Gasteiger charge is -2.19. The van der Waals surface area contributed by atoms with Crippen LogP contribution in [-0.2, 0) is 11.3 Å². The number of carbonyl (C=O) groups excluding carboxylic acids is 1. The molecule has 1 amide bonds. The standard InChI is InChI=1S/C13H18FN3O/c1-16-5-2-6-17(9-13(16)18)8-10-3-4-11(15)7-12(10)14/h3-4,7H,2,5-6,8-9,15H2,1H3. The molecule has 0 bridgehead atoms. The smallest absolute Gasteiger partial charge is 0.236 e. The van der Waals surface area contributed by atoms with Crippen molar-refractivity contribution in [3.63, 3.8) is 0 Å². The Morgan fingerprint density at radius 2 is 2.17 bits per heavy atom. The van der Waals surface area contributed by atoms with Crippen molar-refractivity contribution >= 4 is 11.6 Å². The molecule has 5 heteroatoms. The van der Waals surface area contributed by atoms with Gasteiger partial charge < -0.3 is 10.6 Å². The summed E-state index contributed by atoms with van der Waals surface area (Å²) < 4.78 is 13.7. The summed E-state index contributed by atoms with van der Waals surface area (Å²) in [6, 6.07) is 4.69. The summed E-state index contributed by atoms with van der Waals surface area (Å²) in [6.45, 7) is 2.37. The van der Waals surface area contributed by atoms with Crippen LogP contribution < -0.4 is 5.73 Å². The number of anilines is 1. The summed E-state index contributed by atoms with van der Waals surface area (Å²) in [7, 11) is 1.80. The van der Waals surface area contributed by atoms with Gasteiger partial charge in [0.25, 0.3) is 0 Å². The van der Waals surface area contributed by atoms with Crippen LogP contribution in [0.3, 0.4) is 0 Å². The molecule has 1 heterocycles. The van der Waals surface area contributed by atoms with Crippen LogP contribution in [0.2, 0.25) is 0 Å². The number of nitrogens with two attached hydrogens (primary N) is 1. The lowest BCUT2D eigenvalue weighted by molar-refractivity contribution is -0.130. The molecule has 98 valence electrons. The largest absolute Gasteiger partial charge is 0.399 e. The highest BCUT2D eigenvalue weighted by Crippen LogP contribution is 2.15. The van der Waals surface area contributed by atoms with Gasteiger partial charge in [-0.25, -0.2) is 4.39 Å². The molecule has 4 nitrogen and oxygen atoms in total. The molecular weight excluding hydrogens is 233 g/mol. The molecule has 1 aliphatic rings. The van der Waals surface area contributed by atoms with Crippen LogP contribution in [0, 0.1) is 5.82 Å². The zero-order chi connectivity index (χ0) is 13.1. The Hall–Kier alpha value is -1.62. The maximum Gasteiger partial charge on any atom is 0.236 e. The minimum Gasteiger partial charge on any atom is -0.399 e. The first-order valence-electron chi connectivity index (χ1n) is 6.06. The van der Waals surface area contributed by atoms with Crippen LogP contribution in [0.4, 0.5) is 10.1 Å². The van der Waals surface area contributed by atoms with E-state index >= 15 is 0 Å². The third kappa shape index (κ3) is 2.98. The number of carbonyl (C=O) groups is 1. The zero-order valence-electron chi connectivity index (χ0n) is 10.5. The van der Waals surface area contributed by atoms with E-state index in [9.17, 15) is 9.18 Å². The van der Waals surface area contributed by atoms with E-state index in [-0.39, 0.29) is 11.7 Å². The third-order valence-electron chi connectivity index (χ3n) is 3.22. The van der Waals surface area contributed by atoms with Crippen molar-refractivity contribution in [1.29, 1.82) is 0 Å². The molecule has 2 rings (SSSR count). The number of likely N-dealkylation sites (N-methyl/N-ethyl adjacent to an activating group) is 1. The highest BCUT2D eigenvalue weighted by atomic mass is 19.1. The topological polar surface area (TPSA) is 49.6 Å². The monoisotopic (exact) mass is 251 g/mol. The Morgan fingerprint density at radius 3 is 2.89 bits per heavy atom. The van der Waals surface area contributed by atoms with Crippen molar-refractivity contribution in [1.82, 2.24) is 9.80 Å². The van der Waals surface area contributed by atoms with Gasteiger partial charge in [-0.2, -0.15) is 0 Å². The Balaban J connectivity index is 2.06. The first-order valence-corrected chi connectivity index (χ1v) is 6.06. The van der Waals surface area contributed by atoms with E-state index in [0.29, 0.717) is 24.3 Å². The summed E-state index contributed by atoms with van der Waals surface area (Å²) in [5, 5.41) is 0. The second kappa shape index (κ2) is 5.35. The summed E-state index contributed by atoms with van der Waals surface area (Å²) in [6.07, 6.45) is 0.916. The molecule has 1 aromatic rings. The van der Waals surface area contributed by atoms with Crippen molar-refractivity contribution in [2.24, 2.45) is 0 Å². The number of hydrogen-bond donors (Lipinski definition) is 1. The van der Waals surface area contributed by atoms with Gasteiger partial charge in [0.1, 0.15) is 5.82 Å². The molecule has 1 saturated heterocycles. The first kappa shape index (κ1) is 12.8. The van der Waals surface area contributed by atoms with E-state index in [1.165, 1.54) is 6.07 Å². The van der Waals surface area contributed by atoms with E-state index in [1.54, 1.807) is 24.1 Å². The maximum atomic E-state index is 13.7. The molecule has 0 atom stereocenters. The molecule has 0 spiro atoms. The first-order chi connectivity index (χ1) is 8.56. The molecule has 1 fully saturated rings. The summed E-state index contributed by atoms with van der Waals surface area (Å²) in [5.41, 5.74) is 6.52. The molecule has 0 aliphatic carbocycles. The van der Waals surface area contributed by atoms with Crippen molar-refractivity contribution < 1.29 is 9.18 Å². The molecule has 0 unspecified atom stereocenters. The van der Waals surface area contributed by atoms with Gasteiger partial charge in [-0.1, -0.05) is 6.07 Å². The lowest BCUT2D eigenvalue weighted by Crippen LogP contribution is -2.34. The number of nitrogens with zero attached hydrogens (tertiary/aromatic N) is 2. The predicted molar refractivity (Wildman–Crippen MR) is 68.3 cm³/mol. The fraction of sp³-hybridized carbons (Fsp3) is 0.462. The molecule has 1 aliphatic heterocycles. The average molecular weight is 251 g/mol. The number of halogens is 1. The Morgan fingerprint density at radius 1 is 1.39 bits per heavy atom. The van der Waals surface area contributed by atoms with Crippen molar-refractivity contribution in [3.8, 4) is 0 Å². The van der Waals surface area contributed by atoms with Crippen LogP contribution in [0.15, 0.2) is 18.2 Å². The minimum absolute atomic E-state index is 0.0864. The Bertz CT molecular complexity index is 450. The SMILES string of the molecule is CN1CCCN(Cc2ccc(N)cc2F)CC1=O. The highest BCUT2D eigenvalue weighted by Gasteiger charge is 2.19. The molecule has 0 aromatic heterocycles. The quantitative estimate of drug-likeness (QED) is 0.800. The van der Waals surface area contributed by atoms with E-state index < -0.39 is 0 Å². The fourth-order valence-electron chi connectivity index (χ4n) is 2.11. The lowest BCUT2D eigenvalue weighted by atomic mass is 10.1. The van der Waals surface area contributed by atoms with Gasteiger partial charge in [0.15, 0.2) is 0 Å². The third-order valence-corrected chi connectivity index (χ3v) is 3.22. The number of rotatable bonds is 2. The predicted octanol–water partition coefficient (Wildman–Crippen LogP) is 1.07. The molecule has 0 saturated carbocycles. The molecule has 0 radical (unpaired) electrons. The van der Waals surface area contributed by atoms with E-state index in [0.717, 1.165) is 19.5 Å². The van der Waals surface area contributed by atoms with Crippen LogP contribution in [-0.4, -0.2) is 42.4 Å². The van der Waals surface area contributed by atoms with Gasteiger partial charge in [-0.15, -0.1) is 0 Å². The van der Waals surface area contributed by atoms with Crippen molar-refractivity contribution in [2.45, 2.75) is 13.0 Å². The normalized spacial score (nSPS) is 17.9. The van der Waals surface area contributed by atoms with Crippen LogP contribution in [0.1, 0.15) is 12.0 Å². The van der Waals surface area contributed by atoms with Gasteiger partial charge in [0, 0.05) is 37.9 Å². The zero-order valence-corrected chi connectivity index (χ0v) is 10.5. The van der Waals surface area contributed by atoms with Gasteiger partial charge in [0.2, 0.25) is 5.91 Å². The average Bonchev–Trinajstić information content (AvgIpc) is 2.46. The Kier molecular flexibility index (Phi) is 3.81. The van der Waals surface area contributed by atoms with Crippen molar-refractivity contribution in [2.75, 3.05) is 32.4 Å². The number of nitrogen functional groups attached to an aromatic ring is 1. The van der Waals surface area contributed by atoms with Gasteiger partial charge in [-0.3, -0.25) is 9.69 Å². The van der Waals surface area contributed by atoms with Crippen molar-refractivity contribution in [3.05, 3.63) is 29.6 Å². The maximum absolute atomic E-state index is 13.7. The van der Waals surface area contributed by atoms with E-state index in [1.807, 2.05) is 4.90 Å². The summed E-state index contributed by atoms with van der Waals surface area (Å²) in [4.78, 5) is 15.4. The molecular formula is C13H18FN3O. The molecule has 1 aromatic carbocycles. The number of amides is 1. The van der Waals surface area contributed by atoms with E-state index in [2.05, 4.69) is 0 Å². The van der Waals surface area contributed by atoms with Gasteiger partial charge in [0.05, 0.1) is 6.54 Å². The molecule has 2 N–H and O–H groups in total. The fourth-order valence-corrected chi connectivity index (χ4v) is 2.11. The van der Waals surface area contributed by atoms with E-state index in [4.69, 9.17) is 5.73 Å². The van der Waals surface area contributed by atoms with Gasteiger partial charge >= 0.3 is 0 Å². The Labute approximate surface area is 106 Å².